The smallest absolute Gasteiger partial charge is 0.159 e. The highest BCUT2D eigenvalue weighted by atomic mass is 32.1. The van der Waals surface area contributed by atoms with Crippen molar-refractivity contribution < 1.29 is 4.79 Å². The lowest BCUT2D eigenvalue weighted by molar-refractivity contribution is 0.101. The number of aromatic nitrogens is 1. The van der Waals surface area contributed by atoms with Crippen LogP contribution < -0.4 is 0 Å². The number of carbonyl (C=O) groups excluding carboxylic acids is 1. The van der Waals surface area contributed by atoms with Crippen LogP contribution in [0.25, 0.3) is 11.3 Å². The minimum Gasteiger partial charge on any atom is -0.295 e. The van der Waals surface area contributed by atoms with Crippen LogP contribution >= 0.6 is 11.3 Å². The quantitative estimate of drug-likeness (QED) is 0.722. The Balaban J connectivity index is 2.40. The second-order valence-corrected chi connectivity index (χ2v) is 4.45. The molecule has 1 aromatic carbocycles. The minimum atomic E-state index is 0.0940. The van der Waals surface area contributed by atoms with Crippen molar-refractivity contribution in [3.05, 3.63) is 40.2 Å². The minimum absolute atomic E-state index is 0.0940. The number of Topliss-reactive ketones (excluding diaryl/α,β-unsaturated/α-hetero) is 1. The lowest BCUT2D eigenvalue weighted by Gasteiger charge is -2.00. The van der Waals surface area contributed by atoms with Crippen LogP contribution in [-0.4, -0.2) is 10.8 Å². The first-order valence-corrected chi connectivity index (χ1v) is 5.58. The van der Waals surface area contributed by atoms with E-state index in [1.807, 2.05) is 36.7 Å². The van der Waals surface area contributed by atoms with Crippen molar-refractivity contribution in [3.63, 3.8) is 0 Å². The van der Waals surface area contributed by atoms with Gasteiger partial charge in [-0.1, -0.05) is 24.3 Å². The maximum Gasteiger partial charge on any atom is 0.159 e. The van der Waals surface area contributed by atoms with E-state index in [2.05, 4.69) is 4.98 Å². The van der Waals surface area contributed by atoms with Crippen molar-refractivity contribution in [2.75, 3.05) is 0 Å². The van der Waals surface area contributed by atoms with Gasteiger partial charge in [0, 0.05) is 16.0 Å². The molecule has 0 unspecified atom stereocenters. The van der Waals surface area contributed by atoms with Crippen LogP contribution in [0, 0.1) is 6.92 Å². The van der Waals surface area contributed by atoms with Gasteiger partial charge >= 0.3 is 0 Å². The van der Waals surface area contributed by atoms with E-state index in [4.69, 9.17) is 0 Å². The Labute approximate surface area is 92.6 Å². The molecular weight excluding hydrogens is 206 g/mol. The van der Waals surface area contributed by atoms with E-state index in [0.717, 1.165) is 16.8 Å². The van der Waals surface area contributed by atoms with Crippen molar-refractivity contribution in [3.8, 4) is 11.3 Å². The van der Waals surface area contributed by atoms with E-state index < -0.39 is 0 Å². The molecule has 2 aromatic rings. The van der Waals surface area contributed by atoms with Crippen molar-refractivity contribution in [1.29, 1.82) is 0 Å². The fraction of sp³-hybridized carbons (Fsp3) is 0.167. The molecule has 0 N–H and O–H groups in total. The molecule has 0 fully saturated rings. The van der Waals surface area contributed by atoms with Crippen LogP contribution in [0.4, 0.5) is 0 Å². The van der Waals surface area contributed by atoms with Gasteiger partial charge in [0.25, 0.3) is 0 Å². The predicted octanol–water partition coefficient (Wildman–Crippen LogP) is 3.32. The number of hydrogen-bond donors (Lipinski definition) is 0. The summed E-state index contributed by atoms with van der Waals surface area (Å²) in [7, 11) is 0. The third-order valence-electron chi connectivity index (χ3n) is 2.31. The first-order chi connectivity index (χ1) is 7.18. The molecule has 0 radical (unpaired) electrons. The monoisotopic (exact) mass is 217 g/mol. The van der Waals surface area contributed by atoms with Gasteiger partial charge in [0.15, 0.2) is 5.78 Å². The summed E-state index contributed by atoms with van der Waals surface area (Å²) in [5.41, 5.74) is 4.66. The summed E-state index contributed by atoms with van der Waals surface area (Å²) in [6.07, 6.45) is 0. The topological polar surface area (TPSA) is 30.0 Å². The van der Waals surface area contributed by atoms with E-state index in [1.54, 1.807) is 18.3 Å². The van der Waals surface area contributed by atoms with Gasteiger partial charge in [-0.15, -0.1) is 11.3 Å². The first kappa shape index (κ1) is 10.1. The van der Waals surface area contributed by atoms with Crippen molar-refractivity contribution in [1.82, 2.24) is 4.98 Å². The lowest BCUT2D eigenvalue weighted by Crippen LogP contribution is -1.91. The zero-order valence-corrected chi connectivity index (χ0v) is 9.47. The number of nitrogens with zero attached hydrogens (tertiary/aromatic N) is 1. The molecule has 0 aliphatic heterocycles. The van der Waals surface area contributed by atoms with Crippen molar-refractivity contribution in [2.45, 2.75) is 13.8 Å². The fourth-order valence-electron chi connectivity index (χ4n) is 1.45. The third kappa shape index (κ3) is 1.97. The SMILES string of the molecule is CC(=O)c1ccc(-c2ncsc2C)cc1. The molecule has 15 heavy (non-hydrogen) atoms. The summed E-state index contributed by atoms with van der Waals surface area (Å²) in [4.78, 5) is 16.6. The van der Waals surface area contributed by atoms with Crippen LogP contribution in [0.2, 0.25) is 0 Å². The van der Waals surface area contributed by atoms with Crippen molar-refractivity contribution >= 4 is 17.1 Å². The van der Waals surface area contributed by atoms with E-state index >= 15 is 0 Å². The Kier molecular flexibility index (Phi) is 2.64. The average molecular weight is 217 g/mol. The summed E-state index contributed by atoms with van der Waals surface area (Å²) in [6, 6.07) is 7.57. The number of thiazole rings is 1. The van der Waals surface area contributed by atoms with Gasteiger partial charge in [-0.05, 0) is 13.8 Å². The molecule has 0 bridgehead atoms. The maximum atomic E-state index is 11.1. The molecule has 2 rings (SSSR count). The average Bonchev–Trinajstić information content (AvgIpc) is 2.65. The predicted molar refractivity (Wildman–Crippen MR) is 62.3 cm³/mol. The largest absolute Gasteiger partial charge is 0.295 e. The highest BCUT2D eigenvalue weighted by molar-refractivity contribution is 7.10. The number of benzene rings is 1. The Morgan fingerprint density at radius 1 is 1.27 bits per heavy atom. The number of carbonyl (C=O) groups is 1. The van der Waals surface area contributed by atoms with Gasteiger partial charge in [0.05, 0.1) is 11.2 Å². The van der Waals surface area contributed by atoms with Gasteiger partial charge in [0.1, 0.15) is 0 Å². The molecular formula is C12H11NOS. The first-order valence-electron chi connectivity index (χ1n) is 4.70. The zero-order chi connectivity index (χ0) is 10.8. The number of ketones is 1. The summed E-state index contributed by atoms with van der Waals surface area (Å²) < 4.78 is 0. The van der Waals surface area contributed by atoms with E-state index in [1.165, 1.54) is 4.88 Å². The summed E-state index contributed by atoms with van der Waals surface area (Å²) in [6.45, 7) is 3.62. The second-order valence-electron chi connectivity index (χ2n) is 3.39. The van der Waals surface area contributed by atoms with Crippen LogP contribution in [0.15, 0.2) is 29.8 Å². The Bertz CT molecular complexity index is 485. The highest BCUT2D eigenvalue weighted by Crippen LogP contribution is 2.24. The Morgan fingerprint density at radius 2 is 1.93 bits per heavy atom. The summed E-state index contributed by atoms with van der Waals surface area (Å²) in [5, 5.41) is 0. The molecule has 0 saturated carbocycles. The van der Waals surface area contributed by atoms with Crippen LogP contribution in [0.3, 0.4) is 0 Å². The van der Waals surface area contributed by atoms with E-state index in [-0.39, 0.29) is 5.78 Å². The van der Waals surface area contributed by atoms with Gasteiger partial charge in [-0.3, -0.25) is 4.79 Å². The van der Waals surface area contributed by atoms with Crippen LogP contribution in [0.1, 0.15) is 22.2 Å². The lowest BCUT2D eigenvalue weighted by atomic mass is 10.1. The molecule has 0 saturated heterocycles. The normalized spacial score (nSPS) is 10.3. The highest BCUT2D eigenvalue weighted by Gasteiger charge is 2.05. The van der Waals surface area contributed by atoms with Gasteiger partial charge < -0.3 is 0 Å². The van der Waals surface area contributed by atoms with Crippen LogP contribution in [-0.2, 0) is 0 Å². The van der Waals surface area contributed by atoms with E-state index in [9.17, 15) is 4.79 Å². The van der Waals surface area contributed by atoms with Crippen LogP contribution in [0.5, 0.6) is 0 Å². The molecule has 2 nitrogen and oxygen atoms in total. The molecule has 3 heteroatoms. The van der Waals surface area contributed by atoms with Gasteiger partial charge in [0.2, 0.25) is 0 Å². The Morgan fingerprint density at radius 3 is 2.40 bits per heavy atom. The number of hydrogen-bond acceptors (Lipinski definition) is 3. The molecule has 0 spiro atoms. The molecule has 0 aliphatic rings. The summed E-state index contributed by atoms with van der Waals surface area (Å²) >= 11 is 1.63. The number of aryl methyl sites for hydroxylation is 1. The van der Waals surface area contributed by atoms with Gasteiger partial charge in [-0.2, -0.15) is 0 Å². The Hall–Kier alpha value is -1.48. The summed E-state index contributed by atoms with van der Waals surface area (Å²) in [5.74, 6) is 0.0940. The number of rotatable bonds is 2. The fourth-order valence-corrected chi connectivity index (χ4v) is 2.04. The molecule has 0 aliphatic carbocycles. The zero-order valence-electron chi connectivity index (χ0n) is 8.65. The molecule has 76 valence electrons. The third-order valence-corrected chi connectivity index (χ3v) is 3.07. The maximum absolute atomic E-state index is 11.1. The molecule has 1 aromatic heterocycles. The molecule has 0 atom stereocenters. The molecule has 0 amide bonds. The van der Waals surface area contributed by atoms with Crippen molar-refractivity contribution in [2.24, 2.45) is 0 Å². The van der Waals surface area contributed by atoms with Gasteiger partial charge in [-0.25, -0.2) is 4.98 Å². The molecule has 1 heterocycles. The standard InChI is InChI=1S/C12H11NOS/c1-8(14)10-3-5-11(6-4-10)12-9(2)15-7-13-12/h3-7H,1-2H3. The second kappa shape index (κ2) is 3.95. The van der Waals surface area contributed by atoms with E-state index in [0.29, 0.717) is 0 Å².